The number of hydrogen-bond acceptors (Lipinski definition) is 4. The van der Waals surface area contributed by atoms with E-state index < -0.39 is 0 Å². The van der Waals surface area contributed by atoms with Gasteiger partial charge in [-0.2, -0.15) is 0 Å². The van der Waals surface area contributed by atoms with E-state index in [0.29, 0.717) is 24.5 Å². The Hall–Kier alpha value is -2.79. The Morgan fingerprint density at radius 3 is 2.86 bits per heavy atom. The molecule has 0 fully saturated rings. The van der Waals surface area contributed by atoms with Crippen LogP contribution < -0.4 is 14.8 Å². The molecular formula is C23H21ClN2O3. The fourth-order valence-corrected chi connectivity index (χ4v) is 4.34. The minimum Gasteiger partial charge on any atom is -0.486 e. The third-order valence-electron chi connectivity index (χ3n) is 5.51. The number of hydrogen-bond donors (Lipinski definition) is 1. The highest BCUT2D eigenvalue weighted by Crippen LogP contribution is 2.33. The molecule has 6 heteroatoms. The molecular weight excluding hydrogens is 388 g/mol. The van der Waals surface area contributed by atoms with Gasteiger partial charge in [0.15, 0.2) is 11.5 Å². The zero-order valence-electron chi connectivity index (χ0n) is 15.9. The fourth-order valence-electron chi connectivity index (χ4n) is 3.98. The summed E-state index contributed by atoms with van der Waals surface area (Å²) in [6.07, 6.45) is 3.98. The average molecular weight is 409 g/mol. The maximum absolute atomic E-state index is 12.7. The van der Waals surface area contributed by atoms with Crippen LogP contribution in [0, 0.1) is 0 Å². The van der Waals surface area contributed by atoms with Crippen molar-refractivity contribution in [1.29, 1.82) is 0 Å². The molecule has 0 spiro atoms. The summed E-state index contributed by atoms with van der Waals surface area (Å²) < 4.78 is 11.6. The van der Waals surface area contributed by atoms with Gasteiger partial charge in [-0.05, 0) is 55.5 Å². The van der Waals surface area contributed by atoms with Crippen molar-refractivity contribution in [3.8, 4) is 11.5 Å². The molecule has 5 rings (SSSR count). The molecule has 29 heavy (non-hydrogen) atoms. The van der Waals surface area contributed by atoms with Crippen LogP contribution in [0.2, 0.25) is 5.02 Å². The maximum Gasteiger partial charge on any atom is 0.251 e. The first kappa shape index (κ1) is 18.3. The van der Waals surface area contributed by atoms with Gasteiger partial charge in [0.05, 0.1) is 17.1 Å². The Labute approximate surface area is 174 Å². The summed E-state index contributed by atoms with van der Waals surface area (Å²) in [7, 11) is 0. The molecule has 0 saturated carbocycles. The largest absolute Gasteiger partial charge is 0.486 e. The van der Waals surface area contributed by atoms with Crippen molar-refractivity contribution in [1.82, 2.24) is 10.3 Å². The Balaban J connectivity index is 1.31. The van der Waals surface area contributed by atoms with Crippen LogP contribution in [0.3, 0.4) is 0 Å². The second-order valence-corrected chi connectivity index (χ2v) is 7.88. The highest BCUT2D eigenvalue weighted by molar-refractivity contribution is 6.36. The maximum atomic E-state index is 12.7. The van der Waals surface area contributed by atoms with Gasteiger partial charge in [0, 0.05) is 16.6 Å². The van der Waals surface area contributed by atoms with Crippen molar-refractivity contribution in [2.75, 3.05) is 13.2 Å². The summed E-state index contributed by atoms with van der Waals surface area (Å²) in [6.45, 7) is 0.766. The quantitative estimate of drug-likeness (QED) is 0.700. The van der Waals surface area contributed by atoms with Crippen LogP contribution in [0.25, 0.3) is 10.9 Å². The second kappa shape index (κ2) is 7.56. The van der Waals surface area contributed by atoms with Gasteiger partial charge in [-0.3, -0.25) is 9.78 Å². The normalized spacial score (nSPS) is 17.6. The highest BCUT2D eigenvalue weighted by Gasteiger charge is 2.22. The van der Waals surface area contributed by atoms with E-state index in [4.69, 9.17) is 26.1 Å². The molecule has 1 aromatic heterocycles. The van der Waals surface area contributed by atoms with Gasteiger partial charge in [0.1, 0.15) is 12.7 Å². The van der Waals surface area contributed by atoms with E-state index in [9.17, 15) is 4.79 Å². The molecule has 148 valence electrons. The summed E-state index contributed by atoms with van der Waals surface area (Å²) in [4.78, 5) is 17.5. The molecule has 3 aromatic rings. The third-order valence-corrected chi connectivity index (χ3v) is 5.94. The Morgan fingerprint density at radius 1 is 1.14 bits per heavy atom. The molecule has 2 aliphatic rings. The molecule has 2 aromatic carbocycles. The van der Waals surface area contributed by atoms with E-state index >= 15 is 0 Å². The molecule has 1 aliphatic heterocycles. The minimum absolute atomic E-state index is 0.162. The lowest BCUT2D eigenvalue weighted by atomic mass is 9.94. The van der Waals surface area contributed by atoms with Crippen LogP contribution in [0.4, 0.5) is 0 Å². The van der Waals surface area contributed by atoms with Gasteiger partial charge in [-0.1, -0.05) is 29.8 Å². The number of halogens is 1. The smallest absolute Gasteiger partial charge is 0.251 e. The van der Waals surface area contributed by atoms with Crippen molar-refractivity contribution in [2.24, 2.45) is 0 Å². The number of carbonyl (C=O) groups is 1. The number of aromatic nitrogens is 1. The first-order valence-corrected chi connectivity index (χ1v) is 10.3. The van der Waals surface area contributed by atoms with E-state index in [0.717, 1.165) is 58.6 Å². The first-order chi connectivity index (χ1) is 14.2. The summed E-state index contributed by atoms with van der Waals surface area (Å²) in [5.74, 6) is 1.27. The SMILES string of the molecule is O=C(NC[C@@H]1COc2ccccc2O1)c1ccc2c(Cl)c3c(nc2c1)CCCC3. The molecule has 0 bridgehead atoms. The minimum atomic E-state index is -0.228. The van der Waals surface area contributed by atoms with Gasteiger partial charge >= 0.3 is 0 Å². The Morgan fingerprint density at radius 2 is 1.97 bits per heavy atom. The van der Waals surface area contributed by atoms with Crippen molar-refractivity contribution >= 4 is 28.4 Å². The first-order valence-electron chi connectivity index (χ1n) is 9.97. The summed E-state index contributed by atoms with van der Waals surface area (Å²) in [5, 5.41) is 4.62. The number of pyridine rings is 1. The Bertz CT molecular complexity index is 1100. The van der Waals surface area contributed by atoms with Gasteiger partial charge in [-0.25, -0.2) is 0 Å². The van der Waals surface area contributed by atoms with Gasteiger partial charge in [0.2, 0.25) is 0 Å². The molecule has 1 N–H and O–H groups in total. The van der Waals surface area contributed by atoms with Gasteiger partial charge in [-0.15, -0.1) is 0 Å². The number of rotatable bonds is 3. The number of nitrogens with one attached hydrogen (secondary N) is 1. The Kier molecular flexibility index (Phi) is 4.76. The number of carbonyl (C=O) groups excluding carboxylic acids is 1. The van der Waals surface area contributed by atoms with Crippen molar-refractivity contribution < 1.29 is 14.3 Å². The molecule has 0 unspecified atom stereocenters. The summed E-state index contributed by atoms with van der Waals surface area (Å²) >= 11 is 6.62. The molecule has 5 nitrogen and oxygen atoms in total. The van der Waals surface area contributed by atoms with Crippen LogP contribution in [0.5, 0.6) is 11.5 Å². The van der Waals surface area contributed by atoms with Crippen LogP contribution in [0.1, 0.15) is 34.5 Å². The third kappa shape index (κ3) is 3.51. The van der Waals surface area contributed by atoms with E-state index in [1.165, 1.54) is 0 Å². The van der Waals surface area contributed by atoms with Gasteiger partial charge < -0.3 is 14.8 Å². The van der Waals surface area contributed by atoms with Gasteiger partial charge in [0.25, 0.3) is 5.91 Å². The lowest BCUT2D eigenvalue weighted by molar-refractivity contribution is 0.0789. The van der Waals surface area contributed by atoms with Crippen molar-refractivity contribution in [2.45, 2.75) is 31.8 Å². The van der Waals surface area contributed by atoms with Crippen LogP contribution in [-0.4, -0.2) is 30.1 Å². The monoisotopic (exact) mass is 408 g/mol. The summed E-state index contributed by atoms with van der Waals surface area (Å²) in [5.41, 5.74) is 3.57. The molecule has 1 amide bonds. The van der Waals surface area contributed by atoms with Crippen LogP contribution in [0.15, 0.2) is 42.5 Å². The number of fused-ring (bicyclic) bond motifs is 3. The standard InChI is InChI=1S/C23H21ClN2O3/c24-22-16-5-1-2-6-18(16)26-19-11-14(9-10-17(19)22)23(27)25-12-15-13-28-20-7-3-4-8-21(20)29-15/h3-4,7-11,15H,1-2,5-6,12-13H2,(H,25,27)/t15-/m1/s1. The lowest BCUT2D eigenvalue weighted by Gasteiger charge is -2.26. The zero-order valence-corrected chi connectivity index (χ0v) is 16.7. The van der Waals surface area contributed by atoms with E-state index in [-0.39, 0.29) is 12.0 Å². The molecule has 0 saturated heterocycles. The lowest BCUT2D eigenvalue weighted by Crippen LogP contribution is -2.40. The highest BCUT2D eigenvalue weighted by atomic mass is 35.5. The number of nitrogens with zero attached hydrogens (tertiary/aromatic N) is 1. The van der Waals surface area contributed by atoms with E-state index in [2.05, 4.69) is 5.32 Å². The van der Waals surface area contributed by atoms with E-state index in [1.54, 1.807) is 6.07 Å². The number of amides is 1. The predicted molar refractivity (Wildman–Crippen MR) is 112 cm³/mol. The number of benzene rings is 2. The van der Waals surface area contributed by atoms with Crippen LogP contribution >= 0.6 is 11.6 Å². The molecule has 2 heterocycles. The number of aryl methyl sites for hydroxylation is 1. The molecule has 0 radical (unpaired) electrons. The zero-order chi connectivity index (χ0) is 19.8. The second-order valence-electron chi connectivity index (χ2n) is 7.50. The number of para-hydroxylation sites is 2. The van der Waals surface area contributed by atoms with Crippen molar-refractivity contribution in [3.05, 3.63) is 64.3 Å². The van der Waals surface area contributed by atoms with Crippen molar-refractivity contribution in [3.63, 3.8) is 0 Å². The average Bonchev–Trinajstić information content (AvgIpc) is 2.77. The topological polar surface area (TPSA) is 60.5 Å². The summed E-state index contributed by atoms with van der Waals surface area (Å²) in [6, 6.07) is 13.0. The molecule has 1 atom stereocenters. The fraction of sp³-hybridized carbons (Fsp3) is 0.304. The van der Waals surface area contributed by atoms with E-state index in [1.807, 2.05) is 36.4 Å². The van der Waals surface area contributed by atoms with Crippen LogP contribution in [-0.2, 0) is 12.8 Å². The molecule has 1 aliphatic carbocycles. The number of ether oxygens (including phenoxy) is 2. The predicted octanol–water partition coefficient (Wildman–Crippen LogP) is 4.34.